The van der Waals surface area contributed by atoms with Gasteiger partial charge in [-0.05, 0) is 68.3 Å². The summed E-state index contributed by atoms with van der Waals surface area (Å²) in [6.07, 6.45) is -32.9. The van der Waals surface area contributed by atoms with Crippen LogP contribution >= 0.6 is 31.9 Å². The second-order valence-corrected chi connectivity index (χ2v) is 11.6. The lowest BCUT2D eigenvalue weighted by Crippen LogP contribution is -2.50. The lowest BCUT2D eigenvalue weighted by atomic mass is 9.92. The zero-order chi connectivity index (χ0) is 41.0. The topological polar surface area (TPSA) is 44.9 Å². The Hall–Kier alpha value is -3.78. The summed E-state index contributed by atoms with van der Waals surface area (Å²) in [6, 6.07) is 1.58. The fraction of sp³-hybridized carbons (Fsp3) is 0.308. The van der Waals surface area contributed by atoms with Crippen LogP contribution in [0.25, 0.3) is 11.4 Å². The van der Waals surface area contributed by atoms with Crippen molar-refractivity contribution in [2.24, 2.45) is 0 Å². The zero-order valence-corrected chi connectivity index (χ0v) is 27.5. The number of halogens is 22. The molecule has 0 N–H and O–H groups in total. The Kier molecular flexibility index (Phi) is 11.6. The van der Waals surface area contributed by atoms with Gasteiger partial charge < -0.3 is 4.74 Å². The minimum Gasteiger partial charge on any atom is -0.403 e. The number of hydrogen-bond acceptors (Lipinski definition) is 3. The first kappa shape index (κ1) is 43.6. The highest BCUT2D eigenvalue weighted by Crippen LogP contribution is 2.56. The Balaban J connectivity index is 0.000000286. The summed E-state index contributed by atoms with van der Waals surface area (Å²) in [4.78, 5) is 0. The quantitative estimate of drug-likeness (QED) is 0.187. The molecule has 0 aliphatic carbocycles. The van der Waals surface area contributed by atoms with Crippen LogP contribution in [-0.4, -0.2) is 50.6 Å². The van der Waals surface area contributed by atoms with Crippen LogP contribution in [0.2, 0.25) is 0 Å². The van der Waals surface area contributed by atoms with Crippen molar-refractivity contribution >= 4 is 31.9 Å². The molecule has 0 spiro atoms. The Morgan fingerprint density at radius 3 is 1.17 bits per heavy atom. The monoisotopic (exact) mass is 932 g/mol. The maximum atomic E-state index is 14.2. The molecule has 0 bridgehead atoms. The number of nitrogens with zero attached hydrogens (tertiary/aromatic N) is 4. The highest BCUT2D eigenvalue weighted by molar-refractivity contribution is 9.11. The molecule has 5 nitrogen and oxygen atoms in total. The van der Waals surface area contributed by atoms with Gasteiger partial charge in [0, 0.05) is 44.9 Å². The van der Waals surface area contributed by atoms with Crippen LogP contribution in [0.4, 0.5) is 87.8 Å². The van der Waals surface area contributed by atoms with Gasteiger partial charge in [0.2, 0.25) is 0 Å². The molecule has 27 heteroatoms. The average molecular weight is 934 g/mol. The first-order chi connectivity index (χ1) is 23.7. The molecule has 0 aliphatic heterocycles. The molecule has 2 heterocycles. The molecule has 2 aromatic carbocycles. The van der Waals surface area contributed by atoms with Crippen molar-refractivity contribution < 1.29 is 92.5 Å². The van der Waals surface area contributed by atoms with Gasteiger partial charge in [-0.25, -0.2) is 18.1 Å². The van der Waals surface area contributed by atoms with Crippen LogP contribution in [0.15, 0.2) is 70.1 Å². The number of ether oxygens (including phenoxy) is 1. The van der Waals surface area contributed by atoms with Crippen molar-refractivity contribution in [2.45, 2.75) is 48.6 Å². The van der Waals surface area contributed by atoms with Crippen molar-refractivity contribution in [1.29, 1.82) is 0 Å². The van der Waals surface area contributed by atoms with E-state index in [4.69, 9.17) is 0 Å². The third kappa shape index (κ3) is 8.64. The van der Waals surface area contributed by atoms with Crippen LogP contribution in [-0.2, 0) is 17.5 Å². The van der Waals surface area contributed by atoms with Gasteiger partial charge in [-0.2, -0.15) is 76.1 Å². The van der Waals surface area contributed by atoms with E-state index in [0.29, 0.717) is 9.36 Å². The lowest BCUT2D eigenvalue weighted by molar-refractivity contribution is -0.349. The molecule has 0 unspecified atom stereocenters. The van der Waals surface area contributed by atoms with Crippen LogP contribution in [0.1, 0.15) is 16.7 Å². The molecule has 0 atom stereocenters. The van der Waals surface area contributed by atoms with Gasteiger partial charge in [-0.3, -0.25) is 0 Å². The summed E-state index contributed by atoms with van der Waals surface area (Å²) in [6.45, 7) is 0. The van der Waals surface area contributed by atoms with Crippen molar-refractivity contribution in [2.75, 3.05) is 0 Å². The standard InChI is InChI=1S/C13H5BrF10N2O.C13H5BrF10N2/c14-7-4-6(10(15,11(16,17)18)12(19,20)21)5-8(27-13(22,23)24)9(7)26-3-1-2-25-26;14-8-5-6(10(15,12(19,20)21)13(22,23)24)4-7(11(16,17)18)9(8)26-3-1-2-25-26/h1-5H;1-5H. The largest absolute Gasteiger partial charge is 0.573 e. The zero-order valence-electron chi connectivity index (χ0n) is 24.3. The SMILES string of the molecule is FC(F)(F)Oc1cc(C(F)(C(F)(F)F)C(F)(F)F)cc(Br)c1-n1cccn1.FC(F)(F)c1cc(C(F)(C(F)(F)F)C(F)(F)F)cc(Br)c1-n1cccn1. The second-order valence-electron chi connectivity index (χ2n) is 9.91. The maximum Gasteiger partial charge on any atom is 0.573 e. The van der Waals surface area contributed by atoms with Gasteiger partial charge in [-0.1, -0.05) is 0 Å². The van der Waals surface area contributed by atoms with Gasteiger partial charge >= 0.3 is 48.6 Å². The summed E-state index contributed by atoms with van der Waals surface area (Å²) in [5, 5.41) is 6.99. The molecule has 0 amide bonds. The normalized spacial score (nSPS) is 13.8. The maximum absolute atomic E-state index is 14.2. The average Bonchev–Trinajstić information content (AvgIpc) is 3.67. The molecular weight excluding hydrogens is 924 g/mol. The van der Waals surface area contributed by atoms with E-state index < -0.39 is 97.4 Å². The summed E-state index contributed by atoms with van der Waals surface area (Å²) in [5.74, 6) is -1.52. The summed E-state index contributed by atoms with van der Waals surface area (Å²) in [5.41, 5.74) is -19.8. The number of alkyl halides is 20. The summed E-state index contributed by atoms with van der Waals surface area (Å²) in [7, 11) is 0. The van der Waals surface area contributed by atoms with E-state index in [1.54, 1.807) is 0 Å². The highest BCUT2D eigenvalue weighted by Gasteiger charge is 2.75. The Labute approximate surface area is 296 Å². The molecule has 4 aromatic rings. The van der Waals surface area contributed by atoms with E-state index in [-0.39, 0.29) is 18.2 Å². The van der Waals surface area contributed by atoms with Crippen molar-refractivity contribution in [3.63, 3.8) is 0 Å². The Bertz CT molecular complexity index is 1850. The molecule has 0 saturated heterocycles. The van der Waals surface area contributed by atoms with E-state index in [9.17, 15) is 87.8 Å². The second kappa shape index (κ2) is 14.1. The lowest BCUT2D eigenvalue weighted by Gasteiger charge is -2.31. The summed E-state index contributed by atoms with van der Waals surface area (Å²) < 4.78 is 263. The van der Waals surface area contributed by atoms with Crippen LogP contribution in [0.5, 0.6) is 5.75 Å². The molecule has 0 fully saturated rings. The fourth-order valence-corrected chi connectivity index (χ4v) is 5.49. The van der Waals surface area contributed by atoms with Crippen LogP contribution < -0.4 is 4.74 Å². The van der Waals surface area contributed by atoms with E-state index in [1.165, 1.54) is 12.1 Å². The van der Waals surface area contributed by atoms with Crippen LogP contribution in [0, 0.1) is 0 Å². The number of hydrogen-bond donors (Lipinski definition) is 0. The molecule has 53 heavy (non-hydrogen) atoms. The van der Waals surface area contributed by atoms with Gasteiger partial charge in [0.1, 0.15) is 5.69 Å². The van der Waals surface area contributed by atoms with Crippen molar-refractivity contribution in [3.05, 3.63) is 86.8 Å². The smallest absolute Gasteiger partial charge is 0.403 e. The van der Waals surface area contributed by atoms with E-state index >= 15 is 0 Å². The minimum absolute atomic E-state index is 0.00671. The first-order valence-corrected chi connectivity index (χ1v) is 14.4. The fourth-order valence-electron chi connectivity index (χ4n) is 4.22. The molecule has 0 saturated carbocycles. The molecule has 2 aromatic heterocycles. The predicted octanol–water partition coefficient (Wildman–Crippen LogP) is 11.8. The van der Waals surface area contributed by atoms with Crippen molar-refractivity contribution in [1.82, 2.24) is 19.6 Å². The van der Waals surface area contributed by atoms with Crippen molar-refractivity contribution in [3.8, 4) is 17.1 Å². The van der Waals surface area contributed by atoms with Gasteiger partial charge in [0.25, 0.3) is 0 Å². The van der Waals surface area contributed by atoms with E-state index in [1.807, 2.05) is 0 Å². The van der Waals surface area contributed by atoms with E-state index in [2.05, 4.69) is 46.8 Å². The van der Waals surface area contributed by atoms with Gasteiger partial charge in [-0.15, -0.1) is 13.2 Å². The third-order valence-corrected chi connectivity index (χ3v) is 7.66. The predicted molar refractivity (Wildman–Crippen MR) is 144 cm³/mol. The molecule has 4 rings (SSSR count). The summed E-state index contributed by atoms with van der Waals surface area (Å²) >= 11 is 5.02. The van der Waals surface area contributed by atoms with E-state index in [0.717, 1.165) is 24.8 Å². The minimum atomic E-state index is -6.54. The molecule has 0 radical (unpaired) electrons. The van der Waals surface area contributed by atoms with Gasteiger partial charge in [0.05, 0.1) is 11.3 Å². The van der Waals surface area contributed by atoms with Gasteiger partial charge in [0.15, 0.2) is 5.75 Å². The molecule has 294 valence electrons. The van der Waals surface area contributed by atoms with Crippen LogP contribution in [0.3, 0.4) is 0 Å². The third-order valence-electron chi connectivity index (χ3n) is 6.45. The number of rotatable bonds is 5. The first-order valence-electron chi connectivity index (χ1n) is 12.8. The molecular formula is C26H10Br2F20N4O. The number of benzene rings is 2. The highest BCUT2D eigenvalue weighted by atomic mass is 79.9. The Morgan fingerprint density at radius 1 is 0.491 bits per heavy atom. The number of aromatic nitrogens is 4. The molecule has 0 aliphatic rings. The Morgan fingerprint density at radius 2 is 0.849 bits per heavy atom.